The van der Waals surface area contributed by atoms with Crippen LogP contribution in [0.1, 0.15) is 19.4 Å². The molecule has 0 unspecified atom stereocenters. The van der Waals surface area contributed by atoms with Crippen LogP contribution in [0.2, 0.25) is 0 Å². The Morgan fingerprint density at radius 2 is 1.84 bits per heavy atom. The number of sulfonamides is 1. The molecule has 0 saturated heterocycles. The van der Waals surface area contributed by atoms with Gasteiger partial charge < -0.3 is 14.8 Å². The van der Waals surface area contributed by atoms with E-state index >= 15 is 0 Å². The monoisotopic (exact) mass is 547 g/mol. The third-order valence-electron chi connectivity index (χ3n) is 6.00. The van der Waals surface area contributed by atoms with E-state index in [0.29, 0.717) is 12.1 Å². The molecule has 1 heterocycles. The summed E-state index contributed by atoms with van der Waals surface area (Å²) >= 11 is 0. The van der Waals surface area contributed by atoms with Crippen LogP contribution in [0, 0.1) is 21.7 Å². The Morgan fingerprint density at radius 3 is 2.50 bits per heavy atom. The van der Waals surface area contributed by atoms with Crippen LogP contribution >= 0.6 is 0 Å². The van der Waals surface area contributed by atoms with Gasteiger partial charge in [0, 0.05) is 12.1 Å². The number of halogens is 2. The second kappa shape index (κ2) is 10.6. The summed E-state index contributed by atoms with van der Waals surface area (Å²) in [5.74, 6) is -2.63. The van der Waals surface area contributed by atoms with Gasteiger partial charge in [0.1, 0.15) is 24.1 Å². The van der Waals surface area contributed by atoms with Gasteiger partial charge in [-0.05, 0) is 43.7 Å². The highest BCUT2D eigenvalue weighted by molar-refractivity contribution is 7.92. The van der Waals surface area contributed by atoms with Gasteiger partial charge in [0.15, 0.2) is 11.6 Å². The number of amides is 1. The zero-order valence-electron chi connectivity index (χ0n) is 20.2. The number of nitrogens with one attached hydrogen (secondary N) is 1. The molecule has 0 spiro atoms. The minimum absolute atomic E-state index is 0.00358. The number of anilines is 1. The molecule has 0 radical (unpaired) electrons. The standard InChI is InChI=1S/C25H23F2N3O7S/c1-15(28-25(31)36-14-17-6-4-3-5-7-17)24-16(2)29(22-12-18(30(32)33)8-11-23(22)37-24)38(34,35)19-9-10-20(26)21(27)13-19/h3-13,15-16,24H,14H2,1-2H3,(H,28,31)/t15-,16+,24-/m0/s1. The van der Waals surface area contributed by atoms with Gasteiger partial charge in [-0.25, -0.2) is 22.0 Å². The Hall–Kier alpha value is -4.26. The lowest BCUT2D eigenvalue weighted by Gasteiger charge is -2.42. The molecule has 4 rings (SSSR count). The minimum Gasteiger partial charge on any atom is -0.484 e. The lowest BCUT2D eigenvalue weighted by molar-refractivity contribution is -0.384. The fourth-order valence-corrected chi connectivity index (χ4v) is 5.82. The molecule has 200 valence electrons. The Labute approximate surface area is 217 Å². The molecular formula is C25H23F2N3O7S. The SMILES string of the molecule is C[C@H](NC(=O)OCc1ccccc1)[C@@H]1Oc2ccc([N+](=O)[O-])cc2N(S(=O)(=O)c2ccc(F)c(F)c2)[C@@H]1C. The van der Waals surface area contributed by atoms with Crippen LogP contribution in [0.15, 0.2) is 71.6 Å². The van der Waals surface area contributed by atoms with Crippen LogP contribution in [0.25, 0.3) is 0 Å². The largest absolute Gasteiger partial charge is 0.484 e. The Balaban J connectivity index is 1.65. The lowest BCUT2D eigenvalue weighted by atomic mass is 10.0. The van der Waals surface area contributed by atoms with Gasteiger partial charge in [-0.1, -0.05) is 30.3 Å². The van der Waals surface area contributed by atoms with Crippen molar-refractivity contribution in [2.24, 2.45) is 0 Å². The van der Waals surface area contributed by atoms with Gasteiger partial charge in [0.25, 0.3) is 15.7 Å². The number of nitrogens with zero attached hydrogens (tertiary/aromatic N) is 2. The molecule has 0 aromatic heterocycles. The van der Waals surface area contributed by atoms with Crippen LogP contribution in [-0.4, -0.2) is 37.6 Å². The minimum atomic E-state index is -4.57. The van der Waals surface area contributed by atoms with Crippen LogP contribution in [-0.2, 0) is 21.4 Å². The van der Waals surface area contributed by atoms with Crippen LogP contribution in [0.4, 0.5) is 25.0 Å². The number of nitro groups is 1. The van der Waals surface area contributed by atoms with E-state index in [1.807, 2.05) is 6.07 Å². The van der Waals surface area contributed by atoms with E-state index in [9.17, 15) is 32.1 Å². The van der Waals surface area contributed by atoms with Crippen LogP contribution < -0.4 is 14.4 Å². The maximum atomic E-state index is 13.9. The highest BCUT2D eigenvalue weighted by Crippen LogP contribution is 2.42. The summed E-state index contributed by atoms with van der Waals surface area (Å²) in [5, 5.41) is 14.0. The average molecular weight is 548 g/mol. The van der Waals surface area contributed by atoms with Crippen molar-refractivity contribution >= 4 is 27.5 Å². The molecule has 3 atom stereocenters. The Bertz CT molecular complexity index is 1470. The van der Waals surface area contributed by atoms with Crippen molar-refractivity contribution < 1.29 is 36.4 Å². The van der Waals surface area contributed by atoms with Gasteiger partial charge in [0.2, 0.25) is 0 Å². The first kappa shape index (κ1) is 26.8. The molecule has 13 heteroatoms. The first-order chi connectivity index (χ1) is 18.0. The van der Waals surface area contributed by atoms with E-state index in [2.05, 4.69) is 5.32 Å². The van der Waals surface area contributed by atoms with Crippen molar-refractivity contribution in [2.75, 3.05) is 4.31 Å². The van der Waals surface area contributed by atoms with Gasteiger partial charge in [-0.15, -0.1) is 0 Å². The molecule has 0 fully saturated rings. The van der Waals surface area contributed by atoms with E-state index < -0.39 is 61.4 Å². The molecule has 0 bridgehead atoms. The van der Waals surface area contributed by atoms with E-state index in [4.69, 9.17) is 9.47 Å². The second-order valence-electron chi connectivity index (χ2n) is 8.60. The third kappa shape index (κ3) is 5.37. The fraction of sp³-hybridized carbons (Fsp3) is 0.240. The maximum Gasteiger partial charge on any atom is 0.407 e. The predicted octanol–water partition coefficient (Wildman–Crippen LogP) is 4.53. The number of ether oxygens (including phenoxy) is 2. The molecule has 3 aromatic rings. The fourth-order valence-electron chi connectivity index (χ4n) is 4.14. The summed E-state index contributed by atoms with van der Waals surface area (Å²) in [6.07, 6.45) is -1.77. The predicted molar refractivity (Wildman–Crippen MR) is 132 cm³/mol. The number of benzene rings is 3. The molecule has 0 saturated carbocycles. The van der Waals surface area contributed by atoms with Crippen LogP contribution in [0.3, 0.4) is 0 Å². The normalized spacial score (nSPS) is 17.6. The molecule has 3 aromatic carbocycles. The molecule has 1 N–H and O–H groups in total. The summed E-state index contributed by atoms with van der Waals surface area (Å²) < 4.78 is 66.8. The second-order valence-corrected chi connectivity index (χ2v) is 10.4. The van der Waals surface area contributed by atoms with Crippen molar-refractivity contribution in [3.8, 4) is 5.75 Å². The quantitative estimate of drug-likeness (QED) is 0.340. The smallest absolute Gasteiger partial charge is 0.407 e. The number of carbonyl (C=O) groups excluding carboxylic acids is 1. The first-order valence-corrected chi connectivity index (χ1v) is 12.8. The number of non-ortho nitro benzene ring substituents is 1. The highest BCUT2D eigenvalue weighted by atomic mass is 32.2. The Kier molecular flexibility index (Phi) is 7.49. The molecule has 38 heavy (non-hydrogen) atoms. The van der Waals surface area contributed by atoms with Gasteiger partial charge in [-0.3, -0.25) is 14.4 Å². The maximum absolute atomic E-state index is 13.9. The first-order valence-electron chi connectivity index (χ1n) is 11.4. The lowest BCUT2D eigenvalue weighted by Crippen LogP contribution is -2.58. The average Bonchev–Trinajstić information content (AvgIpc) is 2.88. The van der Waals surface area contributed by atoms with E-state index in [-0.39, 0.29) is 18.0 Å². The van der Waals surface area contributed by atoms with Crippen molar-refractivity contribution in [3.05, 3.63) is 94.0 Å². The third-order valence-corrected chi connectivity index (χ3v) is 7.89. The summed E-state index contributed by atoms with van der Waals surface area (Å²) in [6.45, 7) is 3.05. The molecule has 1 amide bonds. The number of hydrogen-bond donors (Lipinski definition) is 1. The summed E-state index contributed by atoms with van der Waals surface area (Å²) in [7, 11) is -4.57. The molecule has 0 aliphatic carbocycles. The van der Waals surface area contributed by atoms with E-state index in [0.717, 1.165) is 28.1 Å². The number of rotatable bonds is 7. The summed E-state index contributed by atoms with van der Waals surface area (Å²) in [4.78, 5) is 22.5. The summed E-state index contributed by atoms with van der Waals surface area (Å²) in [6, 6.07) is 12.6. The molecule has 1 aliphatic rings. The van der Waals surface area contributed by atoms with E-state index in [1.54, 1.807) is 31.2 Å². The molecule has 1 aliphatic heterocycles. The van der Waals surface area contributed by atoms with Crippen molar-refractivity contribution in [1.82, 2.24) is 5.32 Å². The Morgan fingerprint density at radius 1 is 1.13 bits per heavy atom. The summed E-state index contributed by atoms with van der Waals surface area (Å²) in [5.41, 5.74) is 0.197. The van der Waals surface area contributed by atoms with Crippen molar-refractivity contribution in [2.45, 2.75) is 43.5 Å². The number of nitro benzene ring substituents is 1. The number of fused-ring (bicyclic) bond motifs is 1. The van der Waals surface area contributed by atoms with Crippen molar-refractivity contribution in [1.29, 1.82) is 0 Å². The van der Waals surface area contributed by atoms with Crippen LogP contribution in [0.5, 0.6) is 5.75 Å². The highest BCUT2D eigenvalue weighted by Gasteiger charge is 2.44. The van der Waals surface area contributed by atoms with Gasteiger partial charge in [0.05, 0.1) is 21.9 Å². The zero-order chi connectivity index (χ0) is 27.6. The van der Waals surface area contributed by atoms with E-state index in [1.165, 1.54) is 13.0 Å². The number of carbonyl (C=O) groups is 1. The zero-order valence-corrected chi connectivity index (χ0v) is 21.0. The molecular weight excluding hydrogens is 524 g/mol. The topological polar surface area (TPSA) is 128 Å². The number of alkyl carbamates (subject to hydrolysis) is 1. The number of hydrogen-bond acceptors (Lipinski definition) is 7. The van der Waals surface area contributed by atoms with Crippen molar-refractivity contribution in [3.63, 3.8) is 0 Å². The van der Waals surface area contributed by atoms with Gasteiger partial charge >= 0.3 is 6.09 Å². The molecule has 10 nitrogen and oxygen atoms in total. The van der Waals surface area contributed by atoms with Gasteiger partial charge in [-0.2, -0.15) is 0 Å².